The molecule has 5 rings (SSSR count). The smallest absolute Gasteiger partial charge is 0.209 e. The van der Waals surface area contributed by atoms with Gasteiger partial charge >= 0.3 is 0 Å². The van der Waals surface area contributed by atoms with Gasteiger partial charge in [-0.1, -0.05) is 6.07 Å². The number of pyridine rings is 2. The first kappa shape index (κ1) is 20.6. The third kappa shape index (κ3) is 5.08. The lowest BCUT2D eigenvalue weighted by Gasteiger charge is -2.29. The minimum absolute atomic E-state index is 0.672. The van der Waals surface area contributed by atoms with Crippen LogP contribution >= 0.6 is 11.3 Å². The van der Waals surface area contributed by atoms with Crippen molar-refractivity contribution in [1.82, 2.24) is 25.6 Å². The number of aryl methyl sites for hydroxylation is 1. The summed E-state index contributed by atoms with van der Waals surface area (Å²) in [6, 6.07) is 8.25. The Hall–Kier alpha value is -2.68. The molecule has 7 nitrogen and oxygen atoms in total. The van der Waals surface area contributed by atoms with Gasteiger partial charge in [0.2, 0.25) is 5.13 Å². The van der Waals surface area contributed by atoms with E-state index in [-0.39, 0.29) is 0 Å². The molecule has 0 spiro atoms. The topological polar surface area (TPSA) is 78.3 Å². The molecule has 0 atom stereocenters. The van der Waals surface area contributed by atoms with Crippen LogP contribution in [0.2, 0.25) is 0 Å². The number of anilines is 1. The summed E-state index contributed by atoms with van der Waals surface area (Å²) >= 11 is 1.48. The highest BCUT2D eigenvalue weighted by Gasteiger charge is 2.18. The van der Waals surface area contributed by atoms with Gasteiger partial charge in [-0.25, -0.2) is 15.0 Å². The molecule has 0 unspecified atom stereocenters. The summed E-state index contributed by atoms with van der Waals surface area (Å²) in [5.41, 5.74) is 5.48. The summed E-state index contributed by atoms with van der Waals surface area (Å²) < 4.78 is 0. The molecule has 0 saturated carbocycles. The van der Waals surface area contributed by atoms with Crippen molar-refractivity contribution in [2.24, 2.45) is 4.99 Å². The Balaban J connectivity index is 0.000000313. The molecule has 156 valence electrons. The van der Waals surface area contributed by atoms with Crippen molar-refractivity contribution >= 4 is 29.0 Å². The highest BCUT2D eigenvalue weighted by molar-refractivity contribution is 7.13. The van der Waals surface area contributed by atoms with E-state index in [4.69, 9.17) is 4.98 Å². The van der Waals surface area contributed by atoms with Crippen LogP contribution in [0.5, 0.6) is 0 Å². The molecule has 0 aromatic carbocycles. The van der Waals surface area contributed by atoms with Crippen LogP contribution in [0.3, 0.4) is 0 Å². The summed E-state index contributed by atoms with van der Waals surface area (Å²) in [5, 5.41) is 8.99. The fraction of sp³-hybridized carbons (Fsp3) is 0.364. The maximum Gasteiger partial charge on any atom is 0.209 e. The van der Waals surface area contributed by atoms with Crippen LogP contribution in [0, 0.1) is 6.92 Å². The van der Waals surface area contributed by atoms with Gasteiger partial charge in [0.25, 0.3) is 0 Å². The summed E-state index contributed by atoms with van der Waals surface area (Å²) in [6.45, 7) is 10.7. The van der Waals surface area contributed by atoms with E-state index in [1.165, 1.54) is 42.0 Å². The van der Waals surface area contributed by atoms with Crippen molar-refractivity contribution in [2.75, 3.05) is 31.2 Å². The van der Waals surface area contributed by atoms with E-state index in [0.717, 1.165) is 49.1 Å². The van der Waals surface area contributed by atoms with E-state index >= 15 is 0 Å². The van der Waals surface area contributed by atoms with E-state index in [2.05, 4.69) is 49.3 Å². The average Bonchev–Trinajstić information content (AvgIpc) is 3.30. The van der Waals surface area contributed by atoms with Crippen molar-refractivity contribution < 1.29 is 0 Å². The predicted molar refractivity (Wildman–Crippen MR) is 124 cm³/mol. The summed E-state index contributed by atoms with van der Waals surface area (Å²) in [4.78, 5) is 19.8. The first-order valence-electron chi connectivity index (χ1n) is 10.2. The van der Waals surface area contributed by atoms with Gasteiger partial charge in [-0.3, -0.25) is 4.98 Å². The Morgan fingerprint density at radius 2 is 2.00 bits per heavy atom. The number of fused-ring (bicyclic) bond motifs is 1. The fourth-order valence-corrected chi connectivity index (χ4v) is 4.17. The predicted octanol–water partition coefficient (Wildman–Crippen LogP) is 3.33. The number of hydrogen-bond acceptors (Lipinski definition) is 8. The van der Waals surface area contributed by atoms with Crippen LogP contribution in [-0.2, 0) is 13.0 Å². The summed E-state index contributed by atoms with van der Waals surface area (Å²) in [7, 11) is 0. The molecule has 0 amide bonds. The standard InChI is InChI=1S/C18H17N5S.C4H10N2/c1-12-8-13-6-7-23(10-14(13)9-20-12)17-5-3-4-15(21-17)16-11-24-18(19-2)22-16;1-2-5-4-6-3-1/h3-5,8-9,11H,2,6-7,10H2,1H3;5-6H,1-4H2. The van der Waals surface area contributed by atoms with Gasteiger partial charge in [-0.15, -0.1) is 11.3 Å². The average molecular weight is 422 g/mol. The summed E-state index contributed by atoms with van der Waals surface area (Å²) in [6.07, 6.45) is 4.29. The van der Waals surface area contributed by atoms with E-state index in [9.17, 15) is 0 Å². The molecule has 0 bridgehead atoms. The third-order valence-electron chi connectivity index (χ3n) is 5.14. The maximum absolute atomic E-state index is 4.79. The molecule has 30 heavy (non-hydrogen) atoms. The molecule has 1 saturated heterocycles. The largest absolute Gasteiger partial charge is 0.352 e. The van der Waals surface area contributed by atoms with Gasteiger partial charge in [-0.05, 0) is 68.9 Å². The third-order valence-corrected chi connectivity index (χ3v) is 5.91. The molecule has 3 aromatic heterocycles. The first-order chi connectivity index (χ1) is 14.7. The van der Waals surface area contributed by atoms with Gasteiger partial charge in [0.15, 0.2) is 0 Å². The van der Waals surface area contributed by atoms with Crippen LogP contribution in [0.15, 0.2) is 40.8 Å². The number of hydrogen-bond donors (Lipinski definition) is 2. The number of thiazole rings is 1. The molecule has 2 N–H and O–H groups in total. The molecule has 8 heteroatoms. The Bertz CT molecular complexity index is 985. The van der Waals surface area contributed by atoms with Crippen molar-refractivity contribution in [2.45, 2.75) is 26.3 Å². The molecule has 3 aromatic rings. The Labute approximate surface area is 181 Å². The van der Waals surface area contributed by atoms with Gasteiger partial charge in [0.1, 0.15) is 11.5 Å². The lowest BCUT2D eigenvalue weighted by Crippen LogP contribution is -2.37. The van der Waals surface area contributed by atoms with Gasteiger partial charge < -0.3 is 15.5 Å². The zero-order chi connectivity index (χ0) is 20.8. The van der Waals surface area contributed by atoms with Crippen molar-refractivity contribution in [3.63, 3.8) is 0 Å². The fourth-order valence-electron chi connectivity index (χ4n) is 3.56. The normalized spacial score (nSPS) is 15.7. The molecule has 0 radical (unpaired) electrons. The van der Waals surface area contributed by atoms with Crippen molar-refractivity contribution in [3.05, 3.63) is 52.7 Å². The van der Waals surface area contributed by atoms with E-state index in [0.29, 0.717) is 5.13 Å². The second-order valence-electron chi connectivity index (χ2n) is 7.35. The highest BCUT2D eigenvalue weighted by Crippen LogP contribution is 2.28. The second kappa shape index (κ2) is 9.88. The van der Waals surface area contributed by atoms with E-state index in [1.54, 1.807) is 0 Å². The molecule has 2 aliphatic rings. The quantitative estimate of drug-likeness (QED) is 0.632. The maximum atomic E-state index is 4.79. The van der Waals surface area contributed by atoms with Gasteiger partial charge in [0.05, 0.1) is 5.69 Å². The van der Waals surface area contributed by atoms with E-state index in [1.807, 2.05) is 30.6 Å². The van der Waals surface area contributed by atoms with Gasteiger partial charge in [-0.2, -0.15) is 0 Å². The second-order valence-corrected chi connectivity index (χ2v) is 8.19. The number of rotatable bonds is 3. The SMILES string of the molecule is C1CNCNC1.C=Nc1nc(-c2cccc(N3CCc4cc(C)ncc4C3)n2)cs1. The Morgan fingerprint density at radius 1 is 1.13 bits per heavy atom. The number of nitrogens with zero attached hydrogens (tertiary/aromatic N) is 5. The number of aromatic nitrogens is 3. The highest BCUT2D eigenvalue weighted by atomic mass is 32.1. The molecular weight excluding hydrogens is 394 g/mol. The Kier molecular flexibility index (Phi) is 6.78. The first-order valence-corrected chi connectivity index (χ1v) is 11.1. The molecule has 1 fully saturated rings. The van der Waals surface area contributed by atoms with E-state index < -0.39 is 0 Å². The Morgan fingerprint density at radius 3 is 2.70 bits per heavy atom. The zero-order valence-corrected chi connectivity index (χ0v) is 18.1. The molecular formula is C22H27N7S. The van der Waals surface area contributed by atoms with Crippen molar-refractivity contribution in [3.8, 4) is 11.4 Å². The van der Waals surface area contributed by atoms with Gasteiger partial charge in [0, 0.05) is 37.0 Å². The number of nitrogens with one attached hydrogen (secondary N) is 2. The van der Waals surface area contributed by atoms with Crippen LogP contribution in [-0.4, -0.2) is 48.0 Å². The molecule has 5 heterocycles. The lowest BCUT2D eigenvalue weighted by molar-refractivity contribution is 0.496. The molecule has 2 aliphatic heterocycles. The minimum atomic E-state index is 0.672. The van der Waals surface area contributed by atoms with Crippen LogP contribution in [0.1, 0.15) is 23.2 Å². The van der Waals surface area contributed by atoms with Crippen LogP contribution in [0.4, 0.5) is 10.9 Å². The number of aliphatic imine (C=N–C) groups is 1. The van der Waals surface area contributed by atoms with Crippen LogP contribution < -0.4 is 15.5 Å². The zero-order valence-electron chi connectivity index (χ0n) is 17.3. The summed E-state index contributed by atoms with van der Waals surface area (Å²) in [5.74, 6) is 0.972. The lowest BCUT2D eigenvalue weighted by atomic mass is 10.0. The molecule has 0 aliphatic carbocycles. The minimum Gasteiger partial charge on any atom is -0.352 e. The van der Waals surface area contributed by atoms with Crippen LogP contribution in [0.25, 0.3) is 11.4 Å². The van der Waals surface area contributed by atoms with Crippen molar-refractivity contribution in [1.29, 1.82) is 0 Å². The monoisotopic (exact) mass is 421 g/mol.